The molecule has 0 aliphatic heterocycles. The minimum absolute atomic E-state index is 0.171. The number of aromatic nitrogens is 4. The third-order valence-corrected chi connectivity index (χ3v) is 4.50. The number of halogens is 8. The van der Waals surface area contributed by atoms with Gasteiger partial charge in [0.2, 0.25) is 0 Å². The molecule has 0 saturated heterocycles. The topological polar surface area (TPSA) is 64.7 Å². The number of carbonyl (C=O) groups excluding carboxylic acids is 1. The van der Waals surface area contributed by atoms with Crippen LogP contribution in [0.4, 0.5) is 36.4 Å². The summed E-state index contributed by atoms with van der Waals surface area (Å²) in [4.78, 5) is 12.3. The maximum atomic E-state index is 14.5. The molecule has 6 nitrogen and oxygen atoms in total. The SMILES string of the molecule is Cn1nc(C(F)(F)F)cc1-c1ccc(NC(=O)c2c(Cl)c(C(F)(F)F)nn2C)cc1F. The van der Waals surface area contributed by atoms with Crippen molar-refractivity contribution in [3.63, 3.8) is 0 Å². The second-order valence-electron chi connectivity index (χ2n) is 6.32. The molecule has 0 spiro atoms. The fourth-order valence-corrected chi connectivity index (χ4v) is 3.13. The summed E-state index contributed by atoms with van der Waals surface area (Å²) in [6, 6.07) is 3.70. The lowest BCUT2D eigenvalue weighted by molar-refractivity contribution is -0.142. The van der Waals surface area contributed by atoms with Crippen molar-refractivity contribution in [3.8, 4) is 11.3 Å². The molecule has 3 aromatic rings. The highest BCUT2D eigenvalue weighted by atomic mass is 35.5. The lowest BCUT2D eigenvalue weighted by Gasteiger charge is -2.09. The van der Waals surface area contributed by atoms with Crippen LogP contribution >= 0.6 is 11.6 Å². The average molecular weight is 470 g/mol. The third kappa shape index (κ3) is 4.36. The second kappa shape index (κ2) is 7.55. The summed E-state index contributed by atoms with van der Waals surface area (Å²) >= 11 is 5.63. The van der Waals surface area contributed by atoms with Crippen molar-refractivity contribution in [1.82, 2.24) is 19.6 Å². The molecule has 0 fully saturated rings. The minimum Gasteiger partial charge on any atom is -0.321 e. The molecule has 2 heterocycles. The quantitative estimate of drug-likeness (QED) is 0.555. The van der Waals surface area contributed by atoms with E-state index in [0.717, 1.165) is 29.9 Å². The number of nitrogens with one attached hydrogen (secondary N) is 1. The van der Waals surface area contributed by atoms with Gasteiger partial charge in [0.05, 0.1) is 5.69 Å². The van der Waals surface area contributed by atoms with Crippen molar-refractivity contribution in [2.75, 3.05) is 5.32 Å². The van der Waals surface area contributed by atoms with Crippen LogP contribution in [0.15, 0.2) is 24.3 Å². The van der Waals surface area contributed by atoms with Gasteiger partial charge >= 0.3 is 12.4 Å². The Kier molecular flexibility index (Phi) is 5.50. The molecule has 14 heteroatoms. The van der Waals surface area contributed by atoms with Gasteiger partial charge in [0.15, 0.2) is 11.4 Å². The number of nitrogens with zero attached hydrogens (tertiary/aromatic N) is 4. The molecule has 0 unspecified atom stereocenters. The van der Waals surface area contributed by atoms with Gasteiger partial charge in [0.25, 0.3) is 5.91 Å². The Morgan fingerprint density at radius 3 is 2.13 bits per heavy atom. The molecule has 3 rings (SSSR count). The van der Waals surface area contributed by atoms with E-state index in [1.807, 2.05) is 0 Å². The van der Waals surface area contributed by atoms with E-state index in [0.29, 0.717) is 10.7 Å². The predicted octanol–water partition coefficient (Wildman–Crippen LogP) is 4.90. The van der Waals surface area contributed by atoms with Crippen LogP contribution in [0.25, 0.3) is 11.3 Å². The van der Waals surface area contributed by atoms with E-state index in [1.54, 1.807) is 0 Å². The van der Waals surface area contributed by atoms with Gasteiger partial charge in [-0.3, -0.25) is 14.2 Å². The first-order valence-corrected chi connectivity index (χ1v) is 8.60. The Balaban J connectivity index is 1.89. The average Bonchev–Trinajstić information content (AvgIpc) is 3.14. The highest BCUT2D eigenvalue weighted by Gasteiger charge is 2.40. The van der Waals surface area contributed by atoms with Crippen LogP contribution in [0.1, 0.15) is 21.9 Å². The van der Waals surface area contributed by atoms with Crippen LogP contribution in [0.5, 0.6) is 0 Å². The molecule has 0 aliphatic carbocycles. The van der Waals surface area contributed by atoms with E-state index in [4.69, 9.17) is 11.6 Å². The zero-order valence-corrected chi connectivity index (χ0v) is 16.3. The Bertz CT molecular complexity index is 1160. The number of anilines is 1. The molecule has 0 radical (unpaired) electrons. The number of hydrogen-bond acceptors (Lipinski definition) is 3. The Morgan fingerprint density at radius 2 is 1.65 bits per heavy atom. The second-order valence-corrected chi connectivity index (χ2v) is 6.70. The summed E-state index contributed by atoms with van der Waals surface area (Å²) in [5.74, 6) is -2.09. The summed E-state index contributed by atoms with van der Waals surface area (Å²) in [7, 11) is 2.27. The number of hydrogen-bond donors (Lipinski definition) is 1. The first kappa shape index (κ1) is 22.6. The van der Waals surface area contributed by atoms with E-state index in [-0.39, 0.29) is 16.9 Å². The predicted molar refractivity (Wildman–Crippen MR) is 94.8 cm³/mol. The lowest BCUT2D eigenvalue weighted by Crippen LogP contribution is -2.16. The van der Waals surface area contributed by atoms with Crippen molar-refractivity contribution < 1.29 is 35.5 Å². The van der Waals surface area contributed by atoms with Gasteiger partial charge < -0.3 is 5.32 Å². The molecule has 1 aromatic carbocycles. The van der Waals surface area contributed by atoms with Gasteiger partial charge in [-0.25, -0.2) is 4.39 Å². The number of rotatable bonds is 3. The first-order valence-electron chi connectivity index (χ1n) is 8.22. The zero-order valence-electron chi connectivity index (χ0n) is 15.5. The highest BCUT2D eigenvalue weighted by molar-refractivity contribution is 6.34. The smallest absolute Gasteiger partial charge is 0.321 e. The van der Waals surface area contributed by atoms with Gasteiger partial charge in [-0.2, -0.15) is 36.5 Å². The van der Waals surface area contributed by atoms with Crippen molar-refractivity contribution in [3.05, 3.63) is 52.2 Å². The van der Waals surface area contributed by atoms with Crippen LogP contribution in [0, 0.1) is 5.82 Å². The molecule has 0 saturated carbocycles. The molecular weight excluding hydrogens is 459 g/mol. The van der Waals surface area contributed by atoms with E-state index >= 15 is 0 Å². The Morgan fingerprint density at radius 1 is 1.00 bits per heavy atom. The molecule has 31 heavy (non-hydrogen) atoms. The number of alkyl halides is 6. The normalized spacial score (nSPS) is 12.3. The molecule has 0 aliphatic rings. The minimum atomic E-state index is -4.89. The fraction of sp³-hybridized carbons (Fsp3) is 0.235. The van der Waals surface area contributed by atoms with Crippen LogP contribution in [-0.2, 0) is 26.4 Å². The maximum Gasteiger partial charge on any atom is 0.436 e. The molecule has 0 bridgehead atoms. The third-order valence-electron chi connectivity index (χ3n) is 4.15. The van der Waals surface area contributed by atoms with Crippen molar-refractivity contribution in [1.29, 1.82) is 0 Å². The molecule has 2 aromatic heterocycles. The zero-order chi connectivity index (χ0) is 23.3. The highest BCUT2D eigenvalue weighted by Crippen LogP contribution is 2.36. The van der Waals surface area contributed by atoms with Crippen LogP contribution in [0.2, 0.25) is 5.02 Å². The molecule has 1 N–H and O–H groups in total. The van der Waals surface area contributed by atoms with Gasteiger partial charge in [-0.1, -0.05) is 11.6 Å². The van der Waals surface area contributed by atoms with Crippen molar-refractivity contribution in [2.24, 2.45) is 14.1 Å². The molecule has 1 amide bonds. The maximum absolute atomic E-state index is 14.5. The van der Waals surface area contributed by atoms with Gasteiger partial charge in [-0.05, 0) is 24.3 Å². The summed E-state index contributed by atoms with van der Waals surface area (Å²) in [6.45, 7) is 0. The summed E-state index contributed by atoms with van der Waals surface area (Å²) < 4.78 is 93.0. The van der Waals surface area contributed by atoms with Gasteiger partial charge in [-0.15, -0.1) is 0 Å². The van der Waals surface area contributed by atoms with E-state index in [2.05, 4.69) is 15.5 Å². The van der Waals surface area contributed by atoms with Crippen LogP contribution in [0.3, 0.4) is 0 Å². The molecular formula is C17H11ClF7N5O. The number of carbonyl (C=O) groups is 1. The molecule has 166 valence electrons. The monoisotopic (exact) mass is 469 g/mol. The number of benzene rings is 1. The largest absolute Gasteiger partial charge is 0.436 e. The lowest BCUT2D eigenvalue weighted by atomic mass is 10.1. The van der Waals surface area contributed by atoms with Gasteiger partial charge in [0, 0.05) is 25.3 Å². The summed E-state index contributed by atoms with van der Waals surface area (Å²) in [5, 5.41) is 7.70. The van der Waals surface area contributed by atoms with Crippen LogP contribution in [-0.4, -0.2) is 25.5 Å². The van der Waals surface area contributed by atoms with Crippen molar-refractivity contribution >= 4 is 23.2 Å². The van der Waals surface area contributed by atoms with E-state index < -0.39 is 46.2 Å². The Labute approximate surface area is 174 Å². The summed E-state index contributed by atoms with van der Waals surface area (Å²) in [5.41, 5.74) is -3.86. The number of amides is 1. The van der Waals surface area contributed by atoms with E-state index in [9.17, 15) is 35.5 Å². The van der Waals surface area contributed by atoms with Crippen molar-refractivity contribution in [2.45, 2.75) is 12.4 Å². The standard InChI is InChI=1S/C17H11ClF7N5O/c1-29-10(6-11(27-29)16(20,21)22)8-4-3-7(5-9(8)19)26-15(31)13-12(18)14(17(23,24)25)28-30(13)2/h3-6H,1-2H3,(H,26,31). The van der Waals surface area contributed by atoms with Crippen LogP contribution < -0.4 is 5.32 Å². The first-order chi connectivity index (χ1) is 14.2. The Hall–Kier alpha value is -3.09. The van der Waals surface area contributed by atoms with Gasteiger partial charge in [0.1, 0.15) is 16.5 Å². The number of aryl methyl sites for hydroxylation is 2. The fourth-order valence-electron chi connectivity index (χ4n) is 2.77. The van der Waals surface area contributed by atoms with E-state index in [1.165, 1.54) is 7.05 Å². The summed E-state index contributed by atoms with van der Waals surface area (Å²) in [6.07, 6.45) is -9.61. The molecule has 0 atom stereocenters.